The van der Waals surface area contributed by atoms with E-state index >= 15 is 0 Å². The Bertz CT molecular complexity index is 902. The van der Waals surface area contributed by atoms with E-state index in [4.69, 9.17) is 4.74 Å². The summed E-state index contributed by atoms with van der Waals surface area (Å²) in [5.74, 6) is 0.370. The predicted octanol–water partition coefficient (Wildman–Crippen LogP) is 4.21. The summed E-state index contributed by atoms with van der Waals surface area (Å²) in [6, 6.07) is 13.1. The number of carbonyl (C=O) groups excluding carboxylic acids is 1. The molecule has 1 fully saturated rings. The van der Waals surface area contributed by atoms with Gasteiger partial charge >= 0.3 is 0 Å². The lowest BCUT2D eigenvalue weighted by Crippen LogP contribution is -2.43. The van der Waals surface area contributed by atoms with Crippen LogP contribution in [0.2, 0.25) is 0 Å². The fourth-order valence-electron chi connectivity index (χ4n) is 4.79. The highest BCUT2D eigenvalue weighted by Crippen LogP contribution is 2.29. The molecule has 2 bridgehead atoms. The van der Waals surface area contributed by atoms with Gasteiger partial charge in [0.15, 0.2) is 0 Å². The van der Waals surface area contributed by atoms with E-state index in [1.807, 2.05) is 4.90 Å². The second-order valence-corrected chi connectivity index (χ2v) is 8.70. The number of fused-ring (bicyclic) bond motifs is 3. The quantitative estimate of drug-likeness (QED) is 0.797. The summed E-state index contributed by atoms with van der Waals surface area (Å²) < 4.78 is 18.7. The van der Waals surface area contributed by atoms with Gasteiger partial charge in [-0.05, 0) is 68.6 Å². The van der Waals surface area contributed by atoms with Gasteiger partial charge in [-0.3, -0.25) is 9.69 Å². The van der Waals surface area contributed by atoms with E-state index in [1.165, 1.54) is 24.1 Å². The van der Waals surface area contributed by atoms with E-state index in [0.717, 1.165) is 37.2 Å². The highest BCUT2D eigenvalue weighted by molar-refractivity contribution is 5.76. The summed E-state index contributed by atoms with van der Waals surface area (Å²) in [6.45, 7) is 4.67. The minimum atomic E-state index is -0.298. The van der Waals surface area contributed by atoms with E-state index in [9.17, 15) is 9.18 Å². The zero-order valence-corrected chi connectivity index (χ0v) is 18.4. The molecule has 2 unspecified atom stereocenters. The molecule has 0 radical (unpaired) electrons. The molecule has 2 aromatic rings. The Kier molecular flexibility index (Phi) is 6.76. The van der Waals surface area contributed by atoms with Gasteiger partial charge in [0.05, 0.1) is 13.0 Å². The van der Waals surface area contributed by atoms with Gasteiger partial charge in [0.2, 0.25) is 5.91 Å². The van der Waals surface area contributed by atoms with Crippen molar-refractivity contribution >= 4 is 11.6 Å². The lowest BCUT2D eigenvalue weighted by molar-refractivity contribution is -0.133. The van der Waals surface area contributed by atoms with Crippen LogP contribution in [-0.2, 0) is 11.3 Å². The van der Waals surface area contributed by atoms with Gasteiger partial charge in [0.1, 0.15) is 11.6 Å². The third-order valence-corrected chi connectivity index (χ3v) is 6.67. The van der Waals surface area contributed by atoms with Gasteiger partial charge < -0.3 is 15.0 Å². The van der Waals surface area contributed by atoms with Crippen molar-refractivity contribution in [3.8, 4) is 5.75 Å². The Labute approximate surface area is 184 Å². The number of aryl methyl sites for hydroxylation is 1. The number of likely N-dealkylation sites (N-methyl/N-ethyl adjacent to an activating group) is 1. The van der Waals surface area contributed by atoms with Crippen molar-refractivity contribution in [2.24, 2.45) is 0 Å². The minimum Gasteiger partial charge on any atom is -0.493 e. The van der Waals surface area contributed by atoms with Crippen LogP contribution >= 0.6 is 0 Å². The fraction of sp³-hybridized carbons (Fsp3) is 0.480. The molecule has 1 amide bonds. The minimum absolute atomic E-state index is 0.0886. The summed E-state index contributed by atoms with van der Waals surface area (Å²) in [6.07, 6.45) is 3.71. The largest absolute Gasteiger partial charge is 0.493 e. The Balaban J connectivity index is 1.48. The normalized spacial score (nSPS) is 21.7. The van der Waals surface area contributed by atoms with Gasteiger partial charge in [-0.2, -0.15) is 0 Å². The molecule has 1 saturated heterocycles. The van der Waals surface area contributed by atoms with E-state index in [2.05, 4.69) is 42.4 Å². The summed E-state index contributed by atoms with van der Waals surface area (Å²) in [5.41, 5.74) is 3.53. The number of hydrogen-bond donors (Lipinski definition) is 1. The number of halogens is 1. The first-order valence-electron chi connectivity index (χ1n) is 11.2. The number of nitrogens with one attached hydrogen (secondary N) is 1. The summed E-state index contributed by atoms with van der Waals surface area (Å²) in [7, 11) is 2.19. The zero-order chi connectivity index (χ0) is 21.8. The molecule has 2 aromatic carbocycles. The van der Waals surface area contributed by atoms with Crippen molar-refractivity contribution in [1.29, 1.82) is 0 Å². The number of benzene rings is 2. The Morgan fingerprint density at radius 2 is 1.90 bits per heavy atom. The van der Waals surface area contributed by atoms with Gasteiger partial charge in [-0.25, -0.2) is 4.39 Å². The summed E-state index contributed by atoms with van der Waals surface area (Å²) in [5, 5.41) is 3.64. The number of hydrogen-bond acceptors (Lipinski definition) is 4. The molecule has 2 atom stereocenters. The number of nitrogens with zero attached hydrogens (tertiary/aromatic N) is 2. The molecule has 2 aliphatic rings. The van der Waals surface area contributed by atoms with Crippen LogP contribution in [0.1, 0.15) is 36.8 Å². The standard InChI is InChI=1S/C25H32FN3O2/c1-18-4-3-5-19-16-29(24(30)13-15-31-23-10-6-20(26)7-11-23)17-22-9-8-21(28(22)2)12-14-27-25(18)19/h3-7,10-11,21-22,27H,8-9,12-17H2,1-2H3. The van der Waals surface area contributed by atoms with Crippen molar-refractivity contribution in [2.75, 3.05) is 32.1 Å². The van der Waals surface area contributed by atoms with E-state index in [1.54, 1.807) is 12.1 Å². The third kappa shape index (κ3) is 5.18. The van der Waals surface area contributed by atoms with Crippen LogP contribution in [0.25, 0.3) is 0 Å². The monoisotopic (exact) mass is 425 g/mol. The predicted molar refractivity (Wildman–Crippen MR) is 121 cm³/mol. The van der Waals surface area contributed by atoms with Crippen molar-refractivity contribution in [1.82, 2.24) is 9.80 Å². The zero-order valence-electron chi connectivity index (χ0n) is 18.4. The third-order valence-electron chi connectivity index (χ3n) is 6.67. The molecule has 2 heterocycles. The van der Waals surface area contributed by atoms with Gasteiger partial charge in [0, 0.05) is 37.4 Å². The smallest absolute Gasteiger partial charge is 0.226 e. The van der Waals surface area contributed by atoms with Crippen molar-refractivity contribution < 1.29 is 13.9 Å². The fourth-order valence-corrected chi connectivity index (χ4v) is 4.79. The molecule has 0 saturated carbocycles. The number of ether oxygens (including phenoxy) is 1. The van der Waals surface area contributed by atoms with Gasteiger partial charge in [0.25, 0.3) is 0 Å². The molecule has 6 heteroatoms. The lowest BCUT2D eigenvalue weighted by Gasteiger charge is -2.31. The Morgan fingerprint density at radius 1 is 1.13 bits per heavy atom. The summed E-state index contributed by atoms with van der Waals surface area (Å²) >= 11 is 0. The van der Waals surface area contributed by atoms with Crippen LogP contribution in [0.15, 0.2) is 42.5 Å². The molecule has 2 aliphatic heterocycles. The van der Waals surface area contributed by atoms with E-state index < -0.39 is 0 Å². The number of amides is 1. The number of anilines is 1. The van der Waals surface area contributed by atoms with Crippen LogP contribution < -0.4 is 10.1 Å². The molecular weight excluding hydrogens is 393 g/mol. The highest BCUT2D eigenvalue weighted by atomic mass is 19.1. The second-order valence-electron chi connectivity index (χ2n) is 8.70. The topological polar surface area (TPSA) is 44.8 Å². The van der Waals surface area contributed by atoms with Crippen LogP contribution in [0, 0.1) is 12.7 Å². The maximum Gasteiger partial charge on any atom is 0.226 e. The van der Waals surface area contributed by atoms with Crippen LogP contribution in [-0.4, -0.2) is 54.5 Å². The molecule has 0 aromatic heterocycles. The highest BCUT2D eigenvalue weighted by Gasteiger charge is 2.33. The molecule has 31 heavy (non-hydrogen) atoms. The molecule has 1 N–H and O–H groups in total. The first kappa shape index (κ1) is 21.6. The molecule has 166 valence electrons. The van der Waals surface area contributed by atoms with Crippen LogP contribution in [0.3, 0.4) is 0 Å². The van der Waals surface area contributed by atoms with Gasteiger partial charge in [-0.15, -0.1) is 0 Å². The lowest BCUT2D eigenvalue weighted by atomic mass is 10.1. The van der Waals surface area contributed by atoms with Gasteiger partial charge in [-0.1, -0.05) is 18.2 Å². The average Bonchev–Trinajstić information content (AvgIpc) is 3.08. The van der Waals surface area contributed by atoms with Crippen molar-refractivity contribution in [3.63, 3.8) is 0 Å². The number of carbonyl (C=O) groups is 1. The molecule has 5 nitrogen and oxygen atoms in total. The molecule has 0 spiro atoms. The Morgan fingerprint density at radius 3 is 2.71 bits per heavy atom. The van der Waals surface area contributed by atoms with E-state index in [0.29, 0.717) is 30.8 Å². The van der Waals surface area contributed by atoms with E-state index in [-0.39, 0.29) is 18.3 Å². The molecule has 0 aliphatic carbocycles. The number of rotatable bonds is 4. The SMILES string of the molecule is Cc1cccc2c1NCCC1CCC(CN(C(=O)CCOc3ccc(F)cc3)C2)N1C. The molecule has 4 rings (SSSR count). The average molecular weight is 426 g/mol. The van der Waals surface area contributed by atoms with Crippen LogP contribution in [0.5, 0.6) is 5.75 Å². The molecular formula is C25H32FN3O2. The first-order valence-corrected chi connectivity index (χ1v) is 11.2. The van der Waals surface area contributed by atoms with Crippen molar-refractivity contribution in [3.05, 3.63) is 59.4 Å². The maximum absolute atomic E-state index is 13.2. The second kappa shape index (κ2) is 9.69. The Hall–Kier alpha value is -2.60. The maximum atomic E-state index is 13.2. The first-order chi connectivity index (χ1) is 15.0. The number of para-hydroxylation sites is 1. The summed E-state index contributed by atoms with van der Waals surface area (Å²) in [4.78, 5) is 17.7. The van der Waals surface area contributed by atoms with Crippen LogP contribution in [0.4, 0.5) is 10.1 Å². The van der Waals surface area contributed by atoms with Crippen molar-refractivity contribution in [2.45, 2.75) is 51.2 Å².